The van der Waals surface area contributed by atoms with Gasteiger partial charge in [-0.25, -0.2) is 8.42 Å². The van der Waals surface area contributed by atoms with Crippen LogP contribution in [0, 0.1) is 0 Å². The van der Waals surface area contributed by atoms with Gasteiger partial charge >= 0.3 is 6.18 Å². The van der Waals surface area contributed by atoms with Crippen LogP contribution in [0.5, 0.6) is 11.5 Å². The van der Waals surface area contributed by atoms with Crippen LogP contribution >= 0.6 is 0 Å². The van der Waals surface area contributed by atoms with E-state index in [0.717, 1.165) is 18.4 Å². The van der Waals surface area contributed by atoms with E-state index in [4.69, 9.17) is 9.47 Å². The summed E-state index contributed by atoms with van der Waals surface area (Å²) in [5.74, 6) is 0.911. The number of nitrogens with zero attached hydrogens (tertiary/aromatic N) is 3. The molecule has 0 N–H and O–H groups in total. The van der Waals surface area contributed by atoms with Crippen LogP contribution in [0.2, 0.25) is 0 Å². The number of anilines is 2. The van der Waals surface area contributed by atoms with E-state index >= 15 is 0 Å². The topological polar surface area (TPSA) is 79.4 Å². The average Bonchev–Trinajstić information content (AvgIpc) is 2.85. The average molecular weight is 528 g/mol. The van der Waals surface area contributed by atoms with E-state index in [1.165, 1.54) is 10.4 Å². The van der Waals surface area contributed by atoms with Crippen molar-refractivity contribution >= 4 is 27.3 Å². The molecule has 0 unspecified atom stereocenters. The van der Waals surface area contributed by atoms with Gasteiger partial charge in [0, 0.05) is 50.9 Å². The molecule has 0 saturated carbocycles. The Kier molecular flexibility index (Phi) is 7.53. The Morgan fingerprint density at radius 3 is 2.36 bits per heavy atom. The minimum atomic E-state index is -4.41. The first-order chi connectivity index (χ1) is 17.0. The number of benzene rings is 2. The zero-order valence-electron chi connectivity index (χ0n) is 19.8. The lowest BCUT2D eigenvalue weighted by atomic mass is 10.1. The van der Waals surface area contributed by atoms with Crippen molar-refractivity contribution < 1.29 is 35.9 Å². The van der Waals surface area contributed by atoms with Gasteiger partial charge in [0.2, 0.25) is 15.9 Å². The van der Waals surface area contributed by atoms with Crippen molar-refractivity contribution in [2.45, 2.75) is 19.0 Å². The minimum Gasteiger partial charge on any atom is -0.486 e. The van der Waals surface area contributed by atoms with Gasteiger partial charge in [0.15, 0.2) is 11.5 Å². The second-order valence-electron chi connectivity index (χ2n) is 8.68. The van der Waals surface area contributed by atoms with Crippen LogP contribution in [0.1, 0.15) is 18.4 Å². The molecular weight excluding hydrogens is 499 g/mol. The van der Waals surface area contributed by atoms with E-state index < -0.39 is 21.8 Å². The van der Waals surface area contributed by atoms with Crippen LogP contribution in [-0.4, -0.2) is 71.4 Å². The fourth-order valence-corrected chi connectivity index (χ4v) is 5.26. The van der Waals surface area contributed by atoms with Crippen molar-refractivity contribution in [1.29, 1.82) is 0 Å². The first-order valence-electron chi connectivity index (χ1n) is 11.6. The maximum atomic E-state index is 13.0. The number of carbonyl (C=O) groups excluding carboxylic acids is 1. The van der Waals surface area contributed by atoms with Crippen LogP contribution in [-0.2, 0) is 21.0 Å². The summed E-state index contributed by atoms with van der Waals surface area (Å²) in [7, 11) is -3.59. The molecule has 1 amide bonds. The zero-order valence-corrected chi connectivity index (χ0v) is 20.6. The lowest BCUT2D eigenvalue weighted by Crippen LogP contribution is -2.49. The van der Waals surface area contributed by atoms with E-state index in [2.05, 4.69) is 0 Å². The Morgan fingerprint density at radius 1 is 1.00 bits per heavy atom. The number of amides is 1. The van der Waals surface area contributed by atoms with E-state index in [9.17, 15) is 26.4 Å². The van der Waals surface area contributed by atoms with Gasteiger partial charge in [-0.3, -0.25) is 9.10 Å². The Labute approximate surface area is 208 Å². The summed E-state index contributed by atoms with van der Waals surface area (Å²) in [6, 6.07) is 10.1. The molecule has 0 bridgehead atoms. The highest BCUT2D eigenvalue weighted by molar-refractivity contribution is 7.92. The van der Waals surface area contributed by atoms with Gasteiger partial charge in [-0.2, -0.15) is 13.2 Å². The largest absolute Gasteiger partial charge is 0.486 e. The highest BCUT2D eigenvalue weighted by atomic mass is 32.2. The minimum absolute atomic E-state index is 0.116. The van der Waals surface area contributed by atoms with Gasteiger partial charge in [-0.15, -0.1) is 0 Å². The van der Waals surface area contributed by atoms with Crippen LogP contribution in [0.4, 0.5) is 24.5 Å². The molecular formula is C24H28F3N3O5S. The molecule has 0 spiro atoms. The molecule has 2 heterocycles. The second kappa shape index (κ2) is 10.5. The van der Waals surface area contributed by atoms with E-state index in [1.54, 1.807) is 29.2 Å². The summed E-state index contributed by atoms with van der Waals surface area (Å²) in [5.41, 5.74) is 0.205. The number of hydrogen-bond donors (Lipinski definition) is 0. The standard InChI is InChI=1S/C24H28F3N3O5S/c1-36(32,33)30(20-7-8-21-22(17-20)35-15-14-34-21)9-3-6-23(31)29-12-10-28(11-13-29)19-5-2-4-18(16-19)24(25,26)27/h2,4-5,7-8,16-17H,3,6,9-15H2,1H3. The molecule has 1 fully saturated rings. The summed E-state index contributed by atoms with van der Waals surface area (Å²) < 4.78 is 76.1. The molecule has 2 aromatic carbocycles. The fraction of sp³-hybridized carbons (Fsp3) is 0.458. The lowest BCUT2D eigenvalue weighted by Gasteiger charge is -2.36. The van der Waals surface area contributed by atoms with Crippen molar-refractivity contribution in [2.75, 3.05) is 61.4 Å². The van der Waals surface area contributed by atoms with Crippen LogP contribution in [0.3, 0.4) is 0 Å². The van der Waals surface area contributed by atoms with Gasteiger partial charge in [-0.1, -0.05) is 6.07 Å². The quantitative estimate of drug-likeness (QED) is 0.550. The second-order valence-corrected chi connectivity index (χ2v) is 10.6. The maximum Gasteiger partial charge on any atom is 0.416 e. The highest BCUT2D eigenvalue weighted by Gasteiger charge is 2.31. The van der Waals surface area contributed by atoms with Crippen molar-refractivity contribution in [3.8, 4) is 11.5 Å². The predicted octanol–water partition coefficient (Wildman–Crippen LogP) is 3.37. The Morgan fingerprint density at radius 2 is 1.69 bits per heavy atom. The van der Waals surface area contributed by atoms with Crippen molar-refractivity contribution in [1.82, 2.24) is 4.90 Å². The van der Waals surface area contributed by atoms with Gasteiger partial charge in [0.25, 0.3) is 0 Å². The number of hydrogen-bond acceptors (Lipinski definition) is 6. The normalized spacial score (nSPS) is 16.1. The molecule has 4 rings (SSSR count). The SMILES string of the molecule is CS(=O)(=O)N(CCCC(=O)N1CCN(c2cccc(C(F)(F)F)c2)CC1)c1ccc2c(c1)OCCO2. The summed E-state index contributed by atoms with van der Waals surface area (Å²) in [6.07, 6.45) is -2.83. The van der Waals surface area contributed by atoms with Gasteiger partial charge in [-0.05, 0) is 36.8 Å². The first-order valence-corrected chi connectivity index (χ1v) is 13.4. The fourth-order valence-electron chi connectivity index (χ4n) is 4.30. The number of alkyl halides is 3. The van der Waals surface area contributed by atoms with Crippen LogP contribution in [0.25, 0.3) is 0 Å². The maximum absolute atomic E-state index is 13.0. The zero-order chi connectivity index (χ0) is 25.9. The number of halogens is 3. The Balaban J connectivity index is 1.31. The molecule has 2 aliphatic heterocycles. The Hall–Kier alpha value is -3.15. The molecule has 1 saturated heterocycles. The first kappa shape index (κ1) is 25.9. The van der Waals surface area contributed by atoms with Crippen molar-refractivity contribution in [2.24, 2.45) is 0 Å². The van der Waals surface area contributed by atoms with Crippen molar-refractivity contribution in [3.63, 3.8) is 0 Å². The Bertz CT molecular complexity index is 1200. The molecule has 0 aliphatic carbocycles. The molecule has 0 aromatic heterocycles. The summed E-state index contributed by atoms with van der Waals surface area (Å²) >= 11 is 0. The van der Waals surface area contributed by atoms with Crippen molar-refractivity contribution in [3.05, 3.63) is 48.0 Å². The summed E-state index contributed by atoms with van der Waals surface area (Å²) in [6.45, 7) is 2.53. The van der Waals surface area contributed by atoms with E-state index in [1.807, 2.05) is 4.90 Å². The number of piperazine rings is 1. The smallest absolute Gasteiger partial charge is 0.416 e. The lowest BCUT2D eigenvalue weighted by molar-refractivity contribution is -0.137. The molecule has 0 radical (unpaired) electrons. The summed E-state index contributed by atoms with van der Waals surface area (Å²) in [4.78, 5) is 16.2. The molecule has 0 atom stereocenters. The molecule has 196 valence electrons. The number of fused-ring (bicyclic) bond motifs is 1. The predicted molar refractivity (Wildman–Crippen MR) is 129 cm³/mol. The van der Waals surface area contributed by atoms with Gasteiger partial charge < -0.3 is 19.3 Å². The number of carbonyl (C=O) groups is 1. The molecule has 8 nitrogen and oxygen atoms in total. The van der Waals surface area contributed by atoms with Gasteiger partial charge in [0.1, 0.15) is 13.2 Å². The molecule has 2 aromatic rings. The van der Waals surface area contributed by atoms with E-state index in [-0.39, 0.29) is 18.9 Å². The third-order valence-electron chi connectivity index (χ3n) is 6.14. The number of ether oxygens (including phenoxy) is 2. The van der Waals surface area contributed by atoms with Crippen LogP contribution < -0.4 is 18.7 Å². The molecule has 12 heteroatoms. The number of sulfonamides is 1. The van der Waals surface area contributed by atoms with Crippen LogP contribution in [0.15, 0.2) is 42.5 Å². The highest BCUT2D eigenvalue weighted by Crippen LogP contribution is 2.35. The third-order valence-corrected chi connectivity index (χ3v) is 7.33. The monoisotopic (exact) mass is 527 g/mol. The molecule has 36 heavy (non-hydrogen) atoms. The van der Waals surface area contributed by atoms with Gasteiger partial charge in [0.05, 0.1) is 17.5 Å². The number of rotatable bonds is 7. The summed E-state index contributed by atoms with van der Waals surface area (Å²) in [5, 5.41) is 0. The molecule has 2 aliphatic rings. The third kappa shape index (κ3) is 6.15. The van der Waals surface area contributed by atoms with E-state index in [0.29, 0.717) is 68.7 Å².